The molecule has 0 aliphatic carbocycles. The zero-order valence-electron chi connectivity index (χ0n) is 11.6. The van der Waals surface area contributed by atoms with Crippen LogP contribution in [-0.4, -0.2) is 18.0 Å². The lowest BCUT2D eigenvalue weighted by Crippen LogP contribution is -2.26. The Bertz CT molecular complexity index is 566. The second-order valence-electron chi connectivity index (χ2n) is 4.72. The molecule has 1 amide bonds. The molecule has 20 heavy (non-hydrogen) atoms. The highest BCUT2D eigenvalue weighted by Crippen LogP contribution is 2.08. The molecule has 0 spiro atoms. The van der Waals surface area contributed by atoms with Crippen molar-refractivity contribution < 1.29 is 9.53 Å². The second-order valence-corrected chi connectivity index (χ2v) is 4.72. The smallest absolute Gasteiger partial charge is 0.410 e. The highest BCUT2D eigenvalue weighted by Gasteiger charge is 2.10. The first-order chi connectivity index (χ1) is 9.65. The Morgan fingerprint density at radius 3 is 2.50 bits per heavy atom. The summed E-state index contributed by atoms with van der Waals surface area (Å²) in [4.78, 5) is 13.4. The third-order valence-electron chi connectivity index (χ3n) is 2.93. The Hall–Kier alpha value is -2.29. The van der Waals surface area contributed by atoms with Crippen molar-refractivity contribution in [1.29, 1.82) is 0 Å². The lowest BCUT2D eigenvalue weighted by atomic mass is 10.1. The molecule has 0 saturated carbocycles. The van der Waals surface area contributed by atoms with Gasteiger partial charge < -0.3 is 9.64 Å². The zero-order valence-corrected chi connectivity index (χ0v) is 11.6. The predicted molar refractivity (Wildman–Crippen MR) is 79.0 cm³/mol. The third-order valence-corrected chi connectivity index (χ3v) is 2.93. The van der Waals surface area contributed by atoms with E-state index in [9.17, 15) is 4.79 Å². The van der Waals surface area contributed by atoms with Crippen LogP contribution in [0.2, 0.25) is 0 Å². The van der Waals surface area contributed by atoms with Gasteiger partial charge in [0.25, 0.3) is 0 Å². The summed E-state index contributed by atoms with van der Waals surface area (Å²) >= 11 is 0. The van der Waals surface area contributed by atoms with Crippen LogP contribution in [0.25, 0.3) is 0 Å². The van der Waals surface area contributed by atoms with E-state index in [0.717, 1.165) is 16.7 Å². The number of rotatable bonds is 4. The molecular formula is C17H18NO2. The summed E-state index contributed by atoms with van der Waals surface area (Å²) in [6, 6.07) is 17.4. The van der Waals surface area contributed by atoms with Gasteiger partial charge in [0.1, 0.15) is 6.61 Å². The lowest BCUT2D eigenvalue weighted by Gasteiger charge is -2.17. The van der Waals surface area contributed by atoms with E-state index >= 15 is 0 Å². The van der Waals surface area contributed by atoms with E-state index in [4.69, 9.17) is 4.74 Å². The number of carbonyl (C=O) groups is 1. The molecule has 103 valence electrons. The van der Waals surface area contributed by atoms with Gasteiger partial charge in [-0.05, 0) is 23.6 Å². The van der Waals surface area contributed by atoms with E-state index in [1.807, 2.05) is 54.6 Å². The molecule has 2 aromatic carbocycles. The van der Waals surface area contributed by atoms with E-state index < -0.39 is 0 Å². The molecule has 0 bridgehead atoms. The van der Waals surface area contributed by atoms with E-state index in [2.05, 4.69) is 6.92 Å². The molecule has 0 aromatic heterocycles. The predicted octanol–water partition coefficient (Wildman–Crippen LogP) is 3.64. The number of amides is 1. The highest BCUT2D eigenvalue weighted by atomic mass is 16.6. The standard InChI is InChI=1S/C17H18NO2/c1-14-7-6-10-16(11-14)12-18(2)17(19)20-13-15-8-4-3-5-9-15/h3-11H,1,12-13H2,2H3. The minimum atomic E-state index is -0.330. The summed E-state index contributed by atoms with van der Waals surface area (Å²) in [5, 5.41) is 0. The normalized spacial score (nSPS) is 10.1. The van der Waals surface area contributed by atoms with Crippen LogP contribution in [0.3, 0.4) is 0 Å². The third kappa shape index (κ3) is 4.12. The monoisotopic (exact) mass is 268 g/mol. The topological polar surface area (TPSA) is 29.5 Å². The van der Waals surface area contributed by atoms with Crippen molar-refractivity contribution in [2.24, 2.45) is 0 Å². The maximum atomic E-state index is 11.9. The molecule has 0 fully saturated rings. The van der Waals surface area contributed by atoms with Crippen molar-refractivity contribution in [1.82, 2.24) is 4.90 Å². The van der Waals surface area contributed by atoms with E-state index in [-0.39, 0.29) is 6.09 Å². The summed E-state index contributed by atoms with van der Waals surface area (Å²) in [6.07, 6.45) is -0.330. The van der Waals surface area contributed by atoms with Crippen molar-refractivity contribution in [2.75, 3.05) is 7.05 Å². The van der Waals surface area contributed by atoms with Gasteiger partial charge in [-0.25, -0.2) is 4.79 Å². The van der Waals surface area contributed by atoms with Crippen LogP contribution >= 0.6 is 0 Å². The fourth-order valence-corrected chi connectivity index (χ4v) is 1.90. The van der Waals surface area contributed by atoms with Crippen LogP contribution in [0.4, 0.5) is 4.79 Å². The van der Waals surface area contributed by atoms with Gasteiger partial charge in [0, 0.05) is 13.6 Å². The molecule has 0 unspecified atom stereocenters. The van der Waals surface area contributed by atoms with Crippen molar-refractivity contribution in [3.05, 3.63) is 78.2 Å². The van der Waals surface area contributed by atoms with Gasteiger partial charge in [-0.3, -0.25) is 0 Å². The number of hydrogen-bond acceptors (Lipinski definition) is 2. The summed E-state index contributed by atoms with van der Waals surface area (Å²) < 4.78 is 5.26. The van der Waals surface area contributed by atoms with Crippen molar-refractivity contribution in [3.63, 3.8) is 0 Å². The van der Waals surface area contributed by atoms with Crippen molar-refractivity contribution in [3.8, 4) is 0 Å². The van der Waals surface area contributed by atoms with Gasteiger partial charge in [0.15, 0.2) is 0 Å². The first kappa shape index (κ1) is 14.1. The molecule has 0 atom stereocenters. The largest absolute Gasteiger partial charge is 0.445 e. The molecular weight excluding hydrogens is 250 g/mol. The SMILES string of the molecule is [CH2]c1cccc(CN(C)C(=O)OCc2ccccc2)c1. The van der Waals surface area contributed by atoms with Crippen LogP contribution in [0.15, 0.2) is 54.6 Å². The Labute approximate surface area is 119 Å². The number of nitrogens with zero attached hydrogens (tertiary/aromatic N) is 1. The van der Waals surface area contributed by atoms with Crippen LogP contribution in [0.1, 0.15) is 16.7 Å². The molecule has 3 heteroatoms. The van der Waals surface area contributed by atoms with Crippen molar-refractivity contribution >= 4 is 6.09 Å². The molecule has 0 aliphatic rings. The first-order valence-electron chi connectivity index (χ1n) is 6.48. The number of ether oxygens (including phenoxy) is 1. The van der Waals surface area contributed by atoms with Crippen LogP contribution in [0.5, 0.6) is 0 Å². The molecule has 2 rings (SSSR count). The summed E-state index contributed by atoms with van der Waals surface area (Å²) in [6.45, 7) is 4.68. The Morgan fingerprint density at radius 1 is 1.10 bits per heavy atom. The average molecular weight is 268 g/mol. The van der Waals surface area contributed by atoms with Crippen molar-refractivity contribution in [2.45, 2.75) is 13.2 Å². The fourth-order valence-electron chi connectivity index (χ4n) is 1.90. The van der Waals surface area contributed by atoms with Gasteiger partial charge in [0.2, 0.25) is 0 Å². The summed E-state index contributed by atoms with van der Waals surface area (Å²) in [5.41, 5.74) is 2.96. The Balaban J connectivity index is 1.86. The zero-order chi connectivity index (χ0) is 14.4. The number of carbonyl (C=O) groups excluding carboxylic acids is 1. The summed E-state index contributed by atoms with van der Waals surface area (Å²) in [7, 11) is 1.73. The van der Waals surface area contributed by atoms with Crippen LogP contribution in [0, 0.1) is 6.92 Å². The van der Waals surface area contributed by atoms with Gasteiger partial charge in [-0.1, -0.05) is 54.6 Å². The van der Waals surface area contributed by atoms with Gasteiger partial charge >= 0.3 is 6.09 Å². The fraction of sp³-hybridized carbons (Fsp3) is 0.176. The molecule has 0 heterocycles. The quantitative estimate of drug-likeness (QED) is 0.847. The van der Waals surface area contributed by atoms with Crippen LogP contribution < -0.4 is 0 Å². The minimum absolute atomic E-state index is 0.291. The number of benzene rings is 2. The first-order valence-corrected chi connectivity index (χ1v) is 6.48. The maximum Gasteiger partial charge on any atom is 0.410 e. The van der Waals surface area contributed by atoms with Gasteiger partial charge in [-0.2, -0.15) is 0 Å². The molecule has 0 aliphatic heterocycles. The Morgan fingerprint density at radius 2 is 1.80 bits per heavy atom. The summed E-state index contributed by atoms with van der Waals surface area (Å²) in [5.74, 6) is 0. The highest BCUT2D eigenvalue weighted by molar-refractivity contribution is 5.67. The molecule has 0 N–H and O–H groups in total. The maximum absolute atomic E-state index is 11.9. The molecule has 0 saturated heterocycles. The van der Waals surface area contributed by atoms with E-state index in [1.54, 1.807) is 11.9 Å². The van der Waals surface area contributed by atoms with E-state index in [0.29, 0.717) is 13.2 Å². The van der Waals surface area contributed by atoms with Crippen LogP contribution in [-0.2, 0) is 17.9 Å². The molecule has 2 aromatic rings. The number of hydrogen-bond donors (Lipinski definition) is 0. The molecule has 1 radical (unpaired) electrons. The average Bonchev–Trinajstić information content (AvgIpc) is 2.46. The lowest BCUT2D eigenvalue weighted by molar-refractivity contribution is 0.103. The Kier molecular flexibility index (Phi) is 4.77. The van der Waals surface area contributed by atoms with Gasteiger partial charge in [-0.15, -0.1) is 0 Å². The minimum Gasteiger partial charge on any atom is -0.445 e. The van der Waals surface area contributed by atoms with Gasteiger partial charge in [0.05, 0.1) is 0 Å². The second kappa shape index (κ2) is 6.75. The molecule has 3 nitrogen and oxygen atoms in total. The van der Waals surface area contributed by atoms with E-state index in [1.165, 1.54) is 0 Å².